The Labute approximate surface area is 129 Å². The number of nitrogens with zero attached hydrogens (tertiary/aromatic N) is 4. The summed E-state index contributed by atoms with van der Waals surface area (Å²) in [6, 6.07) is -0.406. The summed E-state index contributed by atoms with van der Waals surface area (Å²) in [6.45, 7) is 1.93. The molecule has 3 heterocycles. The van der Waals surface area contributed by atoms with Crippen LogP contribution >= 0.6 is 11.6 Å². The number of halogens is 4. The Morgan fingerprint density at radius 2 is 2.18 bits per heavy atom. The molecule has 1 aliphatic heterocycles. The van der Waals surface area contributed by atoms with Gasteiger partial charge in [0, 0.05) is 25.4 Å². The lowest BCUT2D eigenvalue weighted by atomic mass is 10.3. The van der Waals surface area contributed by atoms with E-state index in [0.717, 1.165) is 11.6 Å². The van der Waals surface area contributed by atoms with Gasteiger partial charge in [0.05, 0.1) is 17.0 Å². The zero-order valence-corrected chi connectivity index (χ0v) is 12.4. The lowest BCUT2D eigenvalue weighted by Gasteiger charge is -2.17. The predicted octanol–water partition coefficient (Wildman–Crippen LogP) is 2.78. The topological polar surface area (TPSA) is 54.2 Å². The molecule has 0 spiro atoms. The summed E-state index contributed by atoms with van der Waals surface area (Å²) in [7, 11) is 0. The smallest absolute Gasteiger partial charge is 0.391 e. The van der Waals surface area contributed by atoms with Crippen LogP contribution in [-0.4, -0.2) is 45.2 Å². The van der Waals surface area contributed by atoms with Gasteiger partial charge in [-0.2, -0.15) is 18.3 Å². The van der Waals surface area contributed by atoms with Crippen molar-refractivity contribution in [2.24, 2.45) is 0 Å². The SMILES string of the molecule is CC(n1nc(N2CCC(O)C2)c2cnc(Cl)cc21)C(F)(F)F. The number of anilines is 1. The third kappa shape index (κ3) is 2.61. The van der Waals surface area contributed by atoms with Crippen LogP contribution in [0.15, 0.2) is 12.3 Å². The number of alkyl halides is 3. The fourth-order valence-corrected chi connectivity index (χ4v) is 2.75. The first kappa shape index (κ1) is 15.4. The van der Waals surface area contributed by atoms with Crippen LogP contribution in [-0.2, 0) is 0 Å². The first-order valence-electron chi connectivity index (χ1n) is 6.81. The molecule has 5 nitrogen and oxygen atoms in total. The van der Waals surface area contributed by atoms with Crippen LogP contribution in [0, 0.1) is 0 Å². The number of pyridine rings is 1. The maximum absolute atomic E-state index is 13.0. The zero-order chi connectivity index (χ0) is 16.1. The largest absolute Gasteiger partial charge is 0.410 e. The lowest BCUT2D eigenvalue weighted by molar-refractivity contribution is -0.164. The normalized spacial score (nSPS) is 20.8. The highest BCUT2D eigenvalue weighted by Crippen LogP contribution is 2.36. The van der Waals surface area contributed by atoms with Gasteiger partial charge < -0.3 is 10.0 Å². The number of aliphatic hydroxyl groups excluding tert-OH is 1. The van der Waals surface area contributed by atoms with Crippen molar-refractivity contribution in [1.82, 2.24) is 14.8 Å². The van der Waals surface area contributed by atoms with Crippen molar-refractivity contribution in [2.75, 3.05) is 18.0 Å². The summed E-state index contributed by atoms with van der Waals surface area (Å²) in [5.41, 5.74) is 0.279. The van der Waals surface area contributed by atoms with Gasteiger partial charge in [-0.15, -0.1) is 0 Å². The summed E-state index contributed by atoms with van der Waals surface area (Å²) < 4.78 is 40.1. The van der Waals surface area contributed by atoms with Crippen molar-refractivity contribution in [1.29, 1.82) is 0 Å². The number of hydrogen-bond acceptors (Lipinski definition) is 4. The van der Waals surface area contributed by atoms with Crippen molar-refractivity contribution in [3.8, 4) is 0 Å². The van der Waals surface area contributed by atoms with E-state index in [1.54, 1.807) is 4.90 Å². The molecular formula is C13H14ClF3N4O. The van der Waals surface area contributed by atoms with Crippen LogP contribution in [0.2, 0.25) is 5.15 Å². The van der Waals surface area contributed by atoms with Crippen molar-refractivity contribution in [3.63, 3.8) is 0 Å². The van der Waals surface area contributed by atoms with E-state index >= 15 is 0 Å². The maximum Gasteiger partial charge on any atom is 0.410 e. The predicted molar refractivity (Wildman–Crippen MR) is 76.1 cm³/mol. The minimum absolute atomic E-state index is 0.107. The highest BCUT2D eigenvalue weighted by atomic mass is 35.5. The van der Waals surface area contributed by atoms with E-state index in [-0.39, 0.29) is 10.7 Å². The van der Waals surface area contributed by atoms with Crippen LogP contribution < -0.4 is 4.90 Å². The molecule has 22 heavy (non-hydrogen) atoms. The summed E-state index contributed by atoms with van der Waals surface area (Å²) >= 11 is 5.81. The van der Waals surface area contributed by atoms with E-state index in [1.165, 1.54) is 12.3 Å². The van der Waals surface area contributed by atoms with Crippen LogP contribution in [0.3, 0.4) is 0 Å². The van der Waals surface area contributed by atoms with E-state index < -0.39 is 18.3 Å². The maximum atomic E-state index is 13.0. The molecule has 0 aromatic carbocycles. The molecule has 1 fully saturated rings. The van der Waals surface area contributed by atoms with Gasteiger partial charge in [-0.05, 0) is 13.3 Å². The molecule has 2 unspecified atom stereocenters. The number of hydrogen-bond donors (Lipinski definition) is 1. The number of aromatic nitrogens is 3. The summed E-state index contributed by atoms with van der Waals surface area (Å²) in [5.74, 6) is 0.395. The molecule has 1 aliphatic rings. The van der Waals surface area contributed by atoms with Crippen LogP contribution in [0.4, 0.5) is 19.0 Å². The molecule has 0 radical (unpaired) electrons. The van der Waals surface area contributed by atoms with E-state index in [0.29, 0.717) is 30.7 Å². The minimum atomic E-state index is -4.42. The average molecular weight is 335 g/mol. The third-order valence-corrected chi connectivity index (χ3v) is 4.05. The first-order valence-corrected chi connectivity index (χ1v) is 7.18. The lowest BCUT2D eigenvalue weighted by Crippen LogP contribution is -2.26. The summed E-state index contributed by atoms with van der Waals surface area (Å²) in [6.07, 6.45) is -2.94. The van der Waals surface area contributed by atoms with Crippen LogP contribution in [0.5, 0.6) is 0 Å². The van der Waals surface area contributed by atoms with Gasteiger partial charge in [0.25, 0.3) is 0 Å². The molecule has 0 bridgehead atoms. The summed E-state index contributed by atoms with van der Waals surface area (Å²) in [5, 5.41) is 14.4. The third-order valence-electron chi connectivity index (χ3n) is 3.84. The Balaban J connectivity index is 2.14. The standard InChI is InChI=1S/C13H14ClF3N4O/c1-7(13(15,16)17)21-10-4-11(14)18-5-9(10)12(19-21)20-3-2-8(22)6-20/h4-5,7-8,22H,2-3,6H2,1H3. The van der Waals surface area contributed by atoms with Gasteiger partial charge in [0.1, 0.15) is 11.2 Å². The molecule has 2 aromatic heterocycles. The van der Waals surface area contributed by atoms with Gasteiger partial charge in [-0.3, -0.25) is 4.68 Å². The van der Waals surface area contributed by atoms with Crippen molar-refractivity contribution in [2.45, 2.75) is 31.7 Å². The molecule has 0 saturated carbocycles. The van der Waals surface area contributed by atoms with Crippen molar-refractivity contribution >= 4 is 28.3 Å². The summed E-state index contributed by atoms with van der Waals surface area (Å²) in [4.78, 5) is 5.70. The second-order valence-electron chi connectivity index (χ2n) is 5.40. The molecule has 0 amide bonds. The van der Waals surface area contributed by atoms with E-state index in [4.69, 9.17) is 11.6 Å². The molecule has 1 saturated heterocycles. The molecule has 3 rings (SSSR count). The number of aliphatic hydroxyl groups is 1. The quantitative estimate of drug-likeness (QED) is 0.858. The van der Waals surface area contributed by atoms with Crippen LogP contribution in [0.25, 0.3) is 10.9 Å². The zero-order valence-electron chi connectivity index (χ0n) is 11.7. The monoisotopic (exact) mass is 334 g/mol. The van der Waals surface area contributed by atoms with Crippen molar-refractivity contribution < 1.29 is 18.3 Å². The first-order chi connectivity index (χ1) is 10.3. The Kier molecular flexibility index (Phi) is 3.68. The number of rotatable bonds is 2. The Bertz CT molecular complexity index is 702. The van der Waals surface area contributed by atoms with Gasteiger partial charge in [-0.25, -0.2) is 4.98 Å². The second kappa shape index (κ2) is 5.27. The molecule has 0 aliphatic carbocycles. The Morgan fingerprint density at radius 1 is 1.45 bits per heavy atom. The van der Waals surface area contributed by atoms with Gasteiger partial charge >= 0.3 is 6.18 Å². The molecule has 1 N–H and O–H groups in total. The van der Waals surface area contributed by atoms with Crippen LogP contribution in [0.1, 0.15) is 19.4 Å². The average Bonchev–Trinajstić information content (AvgIpc) is 3.00. The molecular weight excluding hydrogens is 321 g/mol. The van der Waals surface area contributed by atoms with E-state index in [9.17, 15) is 18.3 Å². The highest BCUT2D eigenvalue weighted by molar-refractivity contribution is 6.30. The Hall–Kier alpha value is -1.54. The van der Waals surface area contributed by atoms with Gasteiger partial charge in [0.2, 0.25) is 0 Å². The second-order valence-corrected chi connectivity index (χ2v) is 5.79. The molecule has 120 valence electrons. The fraction of sp³-hybridized carbons (Fsp3) is 0.538. The highest BCUT2D eigenvalue weighted by Gasteiger charge is 2.39. The van der Waals surface area contributed by atoms with Gasteiger partial charge in [-0.1, -0.05) is 11.6 Å². The number of fused-ring (bicyclic) bond motifs is 1. The van der Waals surface area contributed by atoms with E-state index in [2.05, 4.69) is 10.1 Å². The molecule has 2 aromatic rings. The van der Waals surface area contributed by atoms with Crippen molar-refractivity contribution in [3.05, 3.63) is 17.4 Å². The van der Waals surface area contributed by atoms with Gasteiger partial charge in [0.15, 0.2) is 5.82 Å². The fourth-order valence-electron chi connectivity index (χ4n) is 2.59. The van der Waals surface area contributed by atoms with E-state index in [1.807, 2.05) is 0 Å². The Morgan fingerprint density at radius 3 is 2.77 bits per heavy atom. The molecule has 9 heteroatoms. The minimum Gasteiger partial charge on any atom is -0.391 e. The molecule has 2 atom stereocenters. The number of β-amino-alcohol motifs (C(OH)–C–C–N with tert-alkyl or cyclic N) is 1.